The Bertz CT molecular complexity index is 995. The van der Waals surface area contributed by atoms with Crippen LogP contribution in [0.5, 0.6) is 0 Å². The minimum Gasteiger partial charge on any atom is -0.314 e. The fraction of sp³-hybridized carbons (Fsp3) is 0.677. The van der Waals surface area contributed by atoms with Crippen molar-refractivity contribution in [1.29, 1.82) is 0 Å². The number of piperazine rings is 2. The fourth-order valence-electron chi connectivity index (χ4n) is 9.88. The van der Waals surface area contributed by atoms with Gasteiger partial charge in [-0.2, -0.15) is 0 Å². The molecule has 4 nitrogen and oxygen atoms in total. The molecule has 2 aliphatic heterocycles. The van der Waals surface area contributed by atoms with Gasteiger partial charge in [0.25, 0.3) is 0 Å². The van der Waals surface area contributed by atoms with Gasteiger partial charge in [0.1, 0.15) is 0 Å². The third-order valence-corrected chi connectivity index (χ3v) is 13.3. The lowest BCUT2D eigenvalue weighted by Crippen LogP contribution is -2.70. The van der Waals surface area contributed by atoms with Crippen LogP contribution in [0.25, 0.3) is 5.57 Å². The van der Waals surface area contributed by atoms with Crippen molar-refractivity contribution in [3.8, 4) is 0 Å². The van der Waals surface area contributed by atoms with Gasteiger partial charge in [0, 0.05) is 62.4 Å². The Morgan fingerprint density at radius 3 is 1.92 bits per heavy atom. The van der Waals surface area contributed by atoms with Crippen LogP contribution in [0.15, 0.2) is 48.1 Å². The Morgan fingerprint density at radius 2 is 1.41 bits per heavy atom. The average molecular weight is 537 g/mol. The molecule has 6 fully saturated rings. The lowest BCUT2D eigenvalue weighted by molar-refractivity contribution is -0.111. The molecule has 37 heavy (non-hydrogen) atoms. The summed E-state index contributed by atoms with van der Waals surface area (Å²) in [5.74, 6) is 4.22. The first-order valence-corrected chi connectivity index (χ1v) is 16.4. The van der Waals surface area contributed by atoms with Crippen molar-refractivity contribution in [2.75, 3.05) is 45.4 Å². The largest absolute Gasteiger partial charge is 0.314 e. The van der Waals surface area contributed by atoms with Crippen LogP contribution in [0.3, 0.4) is 0 Å². The normalized spacial score (nSPS) is 42.8. The smallest absolute Gasteiger partial charge is 0.0395 e. The molecule has 8 rings (SSSR count). The maximum absolute atomic E-state index is 3.99. The van der Waals surface area contributed by atoms with Crippen LogP contribution in [-0.4, -0.2) is 62.7 Å². The van der Waals surface area contributed by atoms with Crippen LogP contribution in [0.2, 0.25) is 0 Å². The molecule has 0 spiro atoms. The standard InChI is InChI=1S/C31H46N4P2/c36-19-30(24-11-20-10-21(13-24)14-25(30)12-20)26-15-23(22-4-2-1-3-5-22)16-27(26)31(37,28-17-32-6-8-34-28)29-18-33-7-9-35-29/h1-5,15-16,20-21,24-26,28-29,32-35H,6-14,17-19,36-37H2. The van der Waals surface area contributed by atoms with Crippen molar-refractivity contribution in [2.24, 2.45) is 35.0 Å². The average Bonchev–Trinajstić information content (AvgIpc) is 3.41. The van der Waals surface area contributed by atoms with E-state index >= 15 is 0 Å². The number of benzene rings is 1. The molecule has 1 aromatic carbocycles. The molecule has 5 aliphatic carbocycles. The van der Waals surface area contributed by atoms with Gasteiger partial charge in [-0.05, 0) is 84.1 Å². The van der Waals surface area contributed by atoms with Gasteiger partial charge >= 0.3 is 0 Å². The Hall–Kier alpha value is -0.600. The Balaban J connectivity index is 1.37. The molecule has 4 N–H and O–H groups in total. The van der Waals surface area contributed by atoms with E-state index in [-0.39, 0.29) is 5.16 Å². The molecule has 6 heteroatoms. The van der Waals surface area contributed by atoms with E-state index in [9.17, 15) is 0 Å². The lowest BCUT2D eigenvalue weighted by atomic mass is 9.42. The highest BCUT2D eigenvalue weighted by molar-refractivity contribution is 7.19. The number of rotatable bonds is 6. The van der Waals surface area contributed by atoms with E-state index in [4.69, 9.17) is 0 Å². The molecule has 7 aliphatic rings. The molecular formula is C31H46N4P2. The summed E-state index contributed by atoms with van der Waals surface area (Å²) < 4.78 is 0. The second kappa shape index (κ2) is 10.1. The molecule has 4 saturated carbocycles. The maximum Gasteiger partial charge on any atom is 0.0395 e. The molecule has 2 heterocycles. The molecular weight excluding hydrogens is 490 g/mol. The van der Waals surface area contributed by atoms with Gasteiger partial charge in [-0.25, -0.2) is 0 Å². The summed E-state index contributed by atoms with van der Waals surface area (Å²) in [5, 5.41) is 15.4. The van der Waals surface area contributed by atoms with Gasteiger partial charge in [0.2, 0.25) is 0 Å². The zero-order valence-electron chi connectivity index (χ0n) is 22.2. The van der Waals surface area contributed by atoms with Crippen molar-refractivity contribution in [3.05, 3.63) is 53.6 Å². The first kappa shape index (κ1) is 25.4. The van der Waals surface area contributed by atoms with Crippen molar-refractivity contribution in [1.82, 2.24) is 21.3 Å². The summed E-state index contributed by atoms with van der Waals surface area (Å²) in [6.45, 7) is 6.26. The lowest BCUT2D eigenvalue weighted by Gasteiger charge is -2.65. The molecule has 200 valence electrons. The van der Waals surface area contributed by atoms with E-state index in [2.05, 4.69) is 82.2 Å². The van der Waals surface area contributed by atoms with Gasteiger partial charge in [-0.3, -0.25) is 0 Å². The first-order valence-electron chi connectivity index (χ1n) is 15.0. The second-order valence-corrected chi connectivity index (χ2v) is 14.4. The minimum atomic E-state index is -0.0555. The number of nitrogens with one attached hydrogen (secondary N) is 4. The number of hydrogen-bond donors (Lipinski definition) is 4. The zero-order valence-corrected chi connectivity index (χ0v) is 24.5. The Morgan fingerprint density at radius 1 is 0.811 bits per heavy atom. The van der Waals surface area contributed by atoms with Gasteiger partial charge in [0.05, 0.1) is 0 Å². The third-order valence-electron chi connectivity index (χ3n) is 11.4. The third kappa shape index (κ3) is 4.08. The number of allylic oxidation sites excluding steroid dienone is 3. The Labute approximate surface area is 228 Å². The van der Waals surface area contributed by atoms with E-state index in [0.717, 1.165) is 62.9 Å². The molecule has 1 aromatic rings. The summed E-state index contributed by atoms with van der Waals surface area (Å²) >= 11 is 0. The molecule has 0 amide bonds. The van der Waals surface area contributed by atoms with Crippen molar-refractivity contribution in [2.45, 2.75) is 49.3 Å². The van der Waals surface area contributed by atoms with Crippen LogP contribution in [0.4, 0.5) is 0 Å². The molecule has 5 atom stereocenters. The number of hydrogen-bond acceptors (Lipinski definition) is 4. The van der Waals surface area contributed by atoms with E-state index in [1.54, 1.807) is 5.57 Å². The van der Waals surface area contributed by atoms with Crippen LogP contribution < -0.4 is 21.3 Å². The van der Waals surface area contributed by atoms with Crippen molar-refractivity contribution in [3.63, 3.8) is 0 Å². The summed E-state index contributed by atoms with van der Waals surface area (Å²) in [6, 6.07) is 12.0. The summed E-state index contributed by atoms with van der Waals surface area (Å²) in [5.41, 5.74) is 4.87. The summed E-state index contributed by atoms with van der Waals surface area (Å²) in [4.78, 5) is 0. The van der Waals surface area contributed by atoms with Gasteiger partial charge < -0.3 is 21.3 Å². The predicted octanol–water partition coefficient (Wildman–Crippen LogP) is 3.68. The zero-order chi connectivity index (χ0) is 25.0. The fourth-order valence-corrected chi connectivity index (χ4v) is 11.5. The second-order valence-electron chi connectivity index (χ2n) is 13.0. The van der Waals surface area contributed by atoms with Gasteiger partial charge in [-0.15, -0.1) is 18.5 Å². The van der Waals surface area contributed by atoms with Gasteiger partial charge in [0.15, 0.2) is 0 Å². The monoisotopic (exact) mass is 536 g/mol. The maximum atomic E-state index is 3.99. The molecule has 2 saturated heterocycles. The molecule has 4 bridgehead atoms. The highest BCUT2D eigenvalue weighted by Crippen LogP contribution is 2.68. The van der Waals surface area contributed by atoms with E-state index in [1.807, 2.05) is 0 Å². The molecule has 0 aromatic heterocycles. The first-order chi connectivity index (χ1) is 18.1. The van der Waals surface area contributed by atoms with Crippen LogP contribution in [0, 0.1) is 35.0 Å². The van der Waals surface area contributed by atoms with Crippen LogP contribution in [0.1, 0.15) is 37.7 Å². The molecule has 5 unspecified atom stereocenters. The predicted molar refractivity (Wildman–Crippen MR) is 162 cm³/mol. The highest BCUT2D eigenvalue weighted by Gasteiger charge is 2.62. The van der Waals surface area contributed by atoms with E-state index < -0.39 is 0 Å². The van der Waals surface area contributed by atoms with E-state index in [1.165, 1.54) is 49.4 Å². The summed E-state index contributed by atoms with van der Waals surface area (Å²) in [6.07, 6.45) is 14.0. The topological polar surface area (TPSA) is 48.1 Å². The van der Waals surface area contributed by atoms with Gasteiger partial charge in [-0.1, -0.05) is 42.5 Å². The SMILES string of the molecule is PCC1(C2C=C(c3ccccc3)C=C2C(P)(C2CNCCN2)C2CNCCN2)C2CC3CC(C2)CC1C3. The quantitative estimate of drug-likeness (QED) is 0.419. The van der Waals surface area contributed by atoms with Crippen LogP contribution >= 0.6 is 18.5 Å². The molecule has 0 radical (unpaired) electrons. The van der Waals surface area contributed by atoms with Crippen LogP contribution in [-0.2, 0) is 0 Å². The minimum absolute atomic E-state index is 0.0555. The van der Waals surface area contributed by atoms with Crippen molar-refractivity contribution < 1.29 is 0 Å². The Kier molecular flexibility index (Phi) is 6.93. The van der Waals surface area contributed by atoms with Crippen molar-refractivity contribution >= 4 is 24.1 Å². The highest BCUT2D eigenvalue weighted by atomic mass is 31.0. The van der Waals surface area contributed by atoms with E-state index in [0.29, 0.717) is 23.4 Å². The summed E-state index contributed by atoms with van der Waals surface area (Å²) in [7, 11) is 6.77.